The molecular weight excluding hydrogens is 158 g/mol. The third-order valence-electron chi connectivity index (χ3n) is 3.60. The lowest BCUT2D eigenvalue weighted by atomic mass is 9.70. The van der Waals surface area contributed by atoms with E-state index in [4.69, 9.17) is 5.73 Å². The van der Waals surface area contributed by atoms with Crippen molar-refractivity contribution in [3.05, 3.63) is 0 Å². The van der Waals surface area contributed by atoms with E-state index in [2.05, 4.69) is 13.8 Å². The minimum Gasteiger partial charge on any atom is -0.330 e. The maximum absolute atomic E-state index is 5.92. The van der Waals surface area contributed by atoms with Gasteiger partial charge in [-0.05, 0) is 37.1 Å². The quantitative estimate of drug-likeness (QED) is 0.711. The monoisotopic (exact) mass is 183 g/mol. The van der Waals surface area contributed by atoms with Crippen molar-refractivity contribution in [1.29, 1.82) is 0 Å². The molecule has 0 heterocycles. The van der Waals surface area contributed by atoms with Crippen LogP contribution < -0.4 is 5.73 Å². The highest BCUT2D eigenvalue weighted by Gasteiger charge is 2.29. The molecule has 0 amide bonds. The minimum atomic E-state index is 0.530. The lowest BCUT2D eigenvalue weighted by molar-refractivity contribution is 0.170. The Morgan fingerprint density at radius 1 is 1.15 bits per heavy atom. The van der Waals surface area contributed by atoms with E-state index in [0.717, 1.165) is 12.5 Å². The van der Waals surface area contributed by atoms with Crippen LogP contribution in [-0.2, 0) is 0 Å². The fraction of sp³-hybridized carbons (Fsp3) is 1.00. The first-order chi connectivity index (χ1) is 6.18. The first-order valence-corrected chi connectivity index (χ1v) is 5.89. The number of nitrogens with two attached hydrogens (primary N) is 1. The summed E-state index contributed by atoms with van der Waals surface area (Å²) in [6.45, 7) is 5.54. The van der Waals surface area contributed by atoms with Gasteiger partial charge in [0.1, 0.15) is 0 Å². The van der Waals surface area contributed by atoms with Crippen molar-refractivity contribution in [1.82, 2.24) is 0 Å². The van der Waals surface area contributed by atoms with Gasteiger partial charge in [0, 0.05) is 0 Å². The maximum Gasteiger partial charge on any atom is -0.00205 e. The van der Waals surface area contributed by atoms with E-state index in [1.807, 2.05) is 0 Å². The van der Waals surface area contributed by atoms with E-state index in [1.165, 1.54) is 44.9 Å². The largest absolute Gasteiger partial charge is 0.330 e. The zero-order chi connectivity index (χ0) is 9.73. The molecule has 78 valence electrons. The van der Waals surface area contributed by atoms with Gasteiger partial charge in [-0.2, -0.15) is 0 Å². The third kappa shape index (κ3) is 3.30. The van der Waals surface area contributed by atoms with Gasteiger partial charge in [-0.3, -0.25) is 0 Å². The third-order valence-corrected chi connectivity index (χ3v) is 3.60. The molecule has 0 aliphatic heterocycles. The molecule has 1 aliphatic carbocycles. The van der Waals surface area contributed by atoms with Crippen LogP contribution >= 0.6 is 0 Å². The van der Waals surface area contributed by atoms with E-state index in [9.17, 15) is 0 Å². The predicted molar refractivity (Wildman–Crippen MR) is 58.6 cm³/mol. The van der Waals surface area contributed by atoms with Crippen molar-refractivity contribution < 1.29 is 0 Å². The molecule has 0 aromatic carbocycles. The molecule has 0 bridgehead atoms. The summed E-state index contributed by atoms with van der Waals surface area (Å²) in [5.74, 6) is 0.838. The van der Waals surface area contributed by atoms with Crippen LogP contribution in [0.1, 0.15) is 58.8 Å². The Kier molecular flexibility index (Phi) is 4.24. The van der Waals surface area contributed by atoms with Crippen LogP contribution in [0.15, 0.2) is 0 Å². The van der Waals surface area contributed by atoms with Crippen molar-refractivity contribution in [2.75, 3.05) is 6.54 Å². The van der Waals surface area contributed by atoms with Crippen molar-refractivity contribution >= 4 is 0 Å². The van der Waals surface area contributed by atoms with Gasteiger partial charge in [0.15, 0.2) is 0 Å². The highest BCUT2D eigenvalue weighted by molar-refractivity contribution is 4.83. The second kappa shape index (κ2) is 4.99. The Balaban J connectivity index is 2.38. The van der Waals surface area contributed by atoms with Gasteiger partial charge < -0.3 is 5.73 Å². The lowest BCUT2D eigenvalue weighted by Gasteiger charge is -2.36. The van der Waals surface area contributed by atoms with E-state index < -0.39 is 0 Å². The molecule has 13 heavy (non-hydrogen) atoms. The first kappa shape index (κ1) is 11.0. The summed E-state index contributed by atoms with van der Waals surface area (Å²) in [5.41, 5.74) is 6.45. The predicted octanol–water partition coefficient (Wildman–Crippen LogP) is 3.33. The summed E-state index contributed by atoms with van der Waals surface area (Å²) in [7, 11) is 0. The summed E-state index contributed by atoms with van der Waals surface area (Å²) in [6.07, 6.45) is 9.75. The highest BCUT2D eigenvalue weighted by atomic mass is 14.6. The Bertz CT molecular complexity index is 134. The fourth-order valence-corrected chi connectivity index (χ4v) is 2.45. The molecule has 2 N–H and O–H groups in total. The topological polar surface area (TPSA) is 26.0 Å². The standard InChI is InChI=1S/C12H25N/c1-11(2)6-9-12(10-13)7-4-3-5-8-12/h11H,3-10,13H2,1-2H3. The molecule has 0 atom stereocenters. The molecule has 0 aromatic heterocycles. The van der Waals surface area contributed by atoms with Crippen LogP contribution in [0.5, 0.6) is 0 Å². The molecule has 1 fully saturated rings. The SMILES string of the molecule is CC(C)CCC1(CN)CCCCC1. The van der Waals surface area contributed by atoms with Crippen molar-refractivity contribution in [3.8, 4) is 0 Å². The van der Waals surface area contributed by atoms with Crippen LogP contribution in [0, 0.1) is 11.3 Å². The number of rotatable bonds is 4. The van der Waals surface area contributed by atoms with Gasteiger partial charge >= 0.3 is 0 Å². The van der Waals surface area contributed by atoms with Gasteiger partial charge in [0.25, 0.3) is 0 Å². The summed E-state index contributed by atoms with van der Waals surface area (Å²) in [5, 5.41) is 0. The first-order valence-electron chi connectivity index (χ1n) is 5.89. The zero-order valence-electron chi connectivity index (χ0n) is 9.31. The van der Waals surface area contributed by atoms with Crippen molar-refractivity contribution in [3.63, 3.8) is 0 Å². The minimum absolute atomic E-state index is 0.530. The van der Waals surface area contributed by atoms with Crippen LogP contribution in [0.2, 0.25) is 0 Å². The van der Waals surface area contributed by atoms with Crippen LogP contribution in [-0.4, -0.2) is 6.54 Å². The van der Waals surface area contributed by atoms with Crippen molar-refractivity contribution in [2.24, 2.45) is 17.1 Å². The summed E-state index contributed by atoms with van der Waals surface area (Å²) in [4.78, 5) is 0. The van der Waals surface area contributed by atoms with Gasteiger partial charge in [0.2, 0.25) is 0 Å². The maximum atomic E-state index is 5.92. The van der Waals surface area contributed by atoms with Crippen molar-refractivity contribution in [2.45, 2.75) is 58.8 Å². The summed E-state index contributed by atoms with van der Waals surface area (Å²) >= 11 is 0. The molecule has 1 aliphatic rings. The summed E-state index contributed by atoms with van der Waals surface area (Å²) < 4.78 is 0. The van der Waals surface area contributed by atoms with E-state index >= 15 is 0 Å². The Hall–Kier alpha value is -0.0400. The van der Waals surface area contributed by atoms with E-state index in [1.54, 1.807) is 0 Å². The average Bonchev–Trinajstić information content (AvgIpc) is 2.16. The van der Waals surface area contributed by atoms with E-state index in [-0.39, 0.29) is 0 Å². The molecule has 0 unspecified atom stereocenters. The molecule has 1 nitrogen and oxygen atoms in total. The molecule has 0 radical (unpaired) electrons. The molecule has 1 heteroatoms. The molecule has 0 aromatic rings. The van der Waals surface area contributed by atoms with Gasteiger partial charge in [-0.15, -0.1) is 0 Å². The second-order valence-electron chi connectivity index (χ2n) is 5.20. The zero-order valence-corrected chi connectivity index (χ0v) is 9.31. The van der Waals surface area contributed by atoms with Gasteiger partial charge in [0.05, 0.1) is 0 Å². The molecule has 1 rings (SSSR count). The second-order valence-corrected chi connectivity index (χ2v) is 5.20. The molecule has 0 saturated heterocycles. The average molecular weight is 183 g/mol. The molecule has 0 spiro atoms. The number of hydrogen-bond donors (Lipinski definition) is 1. The molecule has 1 saturated carbocycles. The highest BCUT2D eigenvalue weighted by Crippen LogP contribution is 2.39. The normalized spacial score (nSPS) is 22.2. The van der Waals surface area contributed by atoms with Crippen LogP contribution in [0.4, 0.5) is 0 Å². The number of hydrogen-bond acceptors (Lipinski definition) is 1. The van der Waals surface area contributed by atoms with Gasteiger partial charge in [-0.1, -0.05) is 39.5 Å². The Morgan fingerprint density at radius 2 is 1.77 bits per heavy atom. The molecular formula is C12H25N. The Morgan fingerprint density at radius 3 is 2.23 bits per heavy atom. The fourth-order valence-electron chi connectivity index (χ4n) is 2.45. The lowest BCUT2D eigenvalue weighted by Crippen LogP contribution is -2.33. The van der Waals surface area contributed by atoms with Crippen LogP contribution in [0.3, 0.4) is 0 Å². The van der Waals surface area contributed by atoms with E-state index in [0.29, 0.717) is 5.41 Å². The smallest absolute Gasteiger partial charge is 0.00205 e. The Labute approximate surface area is 83.1 Å². The van der Waals surface area contributed by atoms with Crippen LogP contribution in [0.25, 0.3) is 0 Å². The van der Waals surface area contributed by atoms with Gasteiger partial charge in [-0.25, -0.2) is 0 Å². The summed E-state index contributed by atoms with van der Waals surface area (Å²) in [6, 6.07) is 0.